The van der Waals surface area contributed by atoms with Gasteiger partial charge in [-0.1, -0.05) is 32.6 Å². The van der Waals surface area contributed by atoms with Gasteiger partial charge in [-0.05, 0) is 42.9 Å². The van der Waals surface area contributed by atoms with Crippen LogP contribution in [-0.4, -0.2) is 29.2 Å². The summed E-state index contributed by atoms with van der Waals surface area (Å²) in [7, 11) is 0. The maximum Gasteiger partial charge on any atom is 0.313 e. The van der Waals surface area contributed by atoms with Gasteiger partial charge in [0.05, 0.1) is 18.8 Å². The van der Waals surface area contributed by atoms with Gasteiger partial charge in [0.15, 0.2) is 0 Å². The highest BCUT2D eigenvalue weighted by atomic mass is 16.5. The van der Waals surface area contributed by atoms with Crippen LogP contribution in [0.25, 0.3) is 0 Å². The van der Waals surface area contributed by atoms with E-state index in [1.807, 2.05) is 0 Å². The summed E-state index contributed by atoms with van der Waals surface area (Å²) >= 11 is 0. The second-order valence-corrected chi connectivity index (χ2v) is 7.46. The highest BCUT2D eigenvalue weighted by molar-refractivity contribution is 5.71. The van der Waals surface area contributed by atoms with E-state index < -0.39 is 0 Å². The van der Waals surface area contributed by atoms with E-state index in [1.165, 1.54) is 11.1 Å². The molecule has 28 heavy (non-hydrogen) atoms. The first-order valence-corrected chi connectivity index (χ1v) is 9.71. The van der Waals surface area contributed by atoms with E-state index in [9.17, 15) is 4.79 Å². The van der Waals surface area contributed by atoms with Gasteiger partial charge in [0.1, 0.15) is 18.0 Å². The number of nitrogens with zero attached hydrogens (tertiary/aromatic N) is 2. The Labute approximate surface area is 166 Å². The molecule has 0 amide bonds. The molecule has 5 nitrogen and oxygen atoms in total. The van der Waals surface area contributed by atoms with Crippen LogP contribution in [0.5, 0.6) is 5.75 Å². The summed E-state index contributed by atoms with van der Waals surface area (Å²) in [6, 6.07) is 4.29. The third-order valence-corrected chi connectivity index (χ3v) is 4.95. The van der Waals surface area contributed by atoms with E-state index in [0.29, 0.717) is 18.0 Å². The first kappa shape index (κ1) is 19.9. The van der Waals surface area contributed by atoms with Crippen LogP contribution < -0.4 is 4.74 Å². The molecule has 0 atom stereocenters. The molecule has 0 saturated carbocycles. The van der Waals surface area contributed by atoms with Crippen molar-refractivity contribution in [2.24, 2.45) is 0 Å². The van der Waals surface area contributed by atoms with Crippen molar-refractivity contribution in [3.8, 4) is 17.6 Å². The highest BCUT2D eigenvalue weighted by Gasteiger charge is 2.29. The third-order valence-electron chi connectivity index (χ3n) is 4.95. The number of hydrogen-bond donors (Lipinski definition) is 0. The number of hydrogen-bond acceptors (Lipinski definition) is 5. The molecule has 0 aliphatic carbocycles. The number of ether oxygens (including phenoxy) is 2. The van der Waals surface area contributed by atoms with Crippen molar-refractivity contribution in [1.82, 2.24) is 9.97 Å². The van der Waals surface area contributed by atoms with Crippen molar-refractivity contribution in [2.75, 3.05) is 13.2 Å². The molecule has 2 heterocycles. The zero-order valence-electron chi connectivity index (χ0n) is 17.0. The molecule has 1 aromatic carbocycles. The molecule has 1 aromatic heterocycles. The number of benzene rings is 1. The first-order chi connectivity index (χ1) is 13.4. The molecule has 0 bridgehead atoms. The number of carbonyl (C=O) groups is 1. The Hall–Kier alpha value is -2.87. The first-order valence-electron chi connectivity index (χ1n) is 9.71. The molecule has 0 radical (unpaired) electrons. The molecule has 0 N–H and O–H groups in total. The van der Waals surface area contributed by atoms with Crippen molar-refractivity contribution in [1.29, 1.82) is 0 Å². The molecular formula is C23H26N2O3. The van der Waals surface area contributed by atoms with Gasteiger partial charge in [-0.25, -0.2) is 9.97 Å². The monoisotopic (exact) mass is 378 g/mol. The maximum atomic E-state index is 11.5. The predicted octanol–water partition coefficient (Wildman–Crippen LogP) is 3.60. The summed E-state index contributed by atoms with van der Waals surface area (Å²) in [5.74, 6) is 7.50. The molecule has 3 rings (SSSR count). The van der Waals surface area contributed by atoms with Gasteiger partial charge in [0.25, 0.3) is 0 Å². The Morgan fingerprint density at radius 1 is 1.21 bits per heavy atom. The van der Waals surface area contributed by atoms with Crippen LogP contribution in [0.2, 0.25) is 0 Å². The van der Waals surface area contributed by atoms with Crippen molar-refractivity contribution in [3.05, 3.63) is 52.6 Å². The number of rotatable bonds is 4. The quantitative estimate of drug-likeness (QED) is 0.601. The zero-order chi connectivity index (χ0) is 20.1. The molecule has 0 unspecified atom stereocenters. The Morgan fingerprint density at radius 2 is 1.96 bits per heavy atom. The van der Waals surface area contributed by atoms with Crippen molar-refractivity contribution >= 4 is 5.97 Å². The average molecular weight is 378 g/mol. The number of carbonyl (C=O) groups excluding carboxylic acids is 1. The number of aryl methyl sites for hydroxylation is 1. The Kier molecular flexibility index (Phi) is 5.99. The van der Waals surface area contributed by atoms with Gasteiger partial charge in [-0.15, -0.1) is 0 Å². The molecule has 5 heteroatoms. The molecule has 1 aliphatic rings. The van der Waals surface area contributed by atoms with E-state index in [4.69, 9.17) is 9.47 Å². The highest BCUT2D eigenvalue weighted by Crippen LogP contribution is 2.39. The van der Waals surface area contributed by atoms with E-state index in [-0.39, 0.29) is 17.8 Å². The minimum Gasteiger partial charge on any atom is -0.493 e. The van der Waals surface area contributed by atoms with Crippen LogP contribution in [0.1, 0.15) is 62.2 Å². The van der Waals surface area contributed by atoms with E-state index in [1.54, 1.807) is 19.3 Å². The third kappa shape index (κ3) is 4.51. The molecular weight excluding hydrogens is 352 g/mol. The second-order valence-electron chi connectivity index (χ2n) is 7.46. The Balaban J connectivity index is 1.84. The van der Waals surface area contributed by atoms with Crippen LogP contribution in [0.4, 0.5) is 0 Å². The van der Waals surface area contributed by atoms with Gasteiger partial charge in [0.2, 0.25) is 0 Å². The lowest BCUT2D eigenvalue weighted by Crippen LogP contribution is -2.27. The molecule has 1 aliphatic heterocycles. The van der Waals surface area contributed by atoms with Crippen LogP contribution in [0.15, 0.2) is 24.5 Å². The lowest BCUT2D eigenvalue weighted by Gasteiger charge is -2.33. The standard InChI is InChI=1S/C23H26N2O3/c1-5-17-12-20-19(23(3,4)9-10-28-20)11-18(17)8-7-16-14-24-21(25-15-16)13-22(26)27-6-2/h11-12,14-15H,5-6,9-10,13H2,1-4H3. The SMILES string of the molecule is CCOC(=O)Cc1ncc(C#Cc2cc3c(cc2CC)OCCC3(C)C)cn1. The topological polar surface area (TPSA) is 61.3 Å². The fraction of sp³-hybridized carbons (Fsp3) is 0.435. The Morgan fingerprint density at radius 3 is 2.64 bits per heavy atom. The summed E-state index contributed by atoms with van der Waals surface area (Å²) < 4.78 is 10.8. The van der Waals surface area contributed by atoms with Crippen LogP contribution in [0.3, 0.4) is 0 Å². The minimum atomic E-state index is -0.326. The predicted molar refractivity (Wildman–Crippen MR) is 107 cm³/mol. The molecule has 0 saturated heterocycles. The lowest BCUT2D eigenvalue weighted by atomic mass is 9.78. The summed E-state index contributed by atoms with van der Waals surface area (Å²) in [6.07, 6.45) is 5.24. The van der Waals surface area contributed by atoms with Crippen LogP contribution in [0, 0.1) is 11.8 Å². The van der Waals surface area contributed by atoms with Crippen molar-refractivity contribution in [3.63, 3.8) is 0 Å². The van der Waals surface area contributed by atoms with Crippen molar-refractivity contribution < 1.29 is 14.3 Å². The van der Waals surface area contributed by atoms with E-state index in [0.717, 1.165) is 30.8 Å². The second kappa shape index (κ2) is 8.43. The molecule has 0 spiro atoms. The van der Waals surface area contributed by atoms with Gasteiger partial charge in [0, 0.05) is 23.5 Å². The van der Waals surface area contributed by atoms with Crippen LogP contribution >= 0.6 is 0 Å². The van der Waals surface area contributed by atoms with Gasteiger partial charge < -0.3 is 9.47 Å². The summed E-state index contributed by atoms with van der Waals surface area (Å²) in [6.45, 7) is 9.49. The number of esters is 1. The molecule has 2 aromatic rings. The van der Waals surface area contributed by atoms with E-state index >= 15 is 0 Å². The van der Waals surface area contributed by atoms with Gasteiger partial charge in [-0.2, -0.15) is 0 Å². The Bertz CT molecular complexity index is 921. The maximum absolute atomic E-state index is 11.5. The molecule has 146 valence electrons. The fourth-order valence-corrected chi connectivity index (χ4v) is 3.22. The normalized spacial score (nSPS) is 14.3. The summed E-state index contributed by atoms with van der Waals surface area (Å²) in [5.41, 5.74) is 4.18. The zero-order valence-corrected chi connectivity index (χ0v) is 17.0. The lowest BCUT2D eigenvalue weighted by molar-refractivity contribution is -0.142. The van der Waals surface area contributed by atoms with E-state index in [2.05, 4.69) is 54.7 Å². The number of fused-ring (bicyclic) bond motifs is 1. The fourth-order valence-electron chi connectivity index (χ4n) is 3.22. The smallest absolute Gasteiger partial charge is 0.313 e. The van der Waals surface area contributed by atoms with Crippen molar-refractivity contribution in [2.45, 2.75) is 52.4 Å². The van der Waals surface area contributed by atoms with Gasteiger partial charge in [-0.3, -0.25) is 4.79 Å². The minimum absolute atomic E-state index is 0.0709. The summed E-state index contributed by atoms with van der Waals surface area (Å²) in [5, 5.41) is 0. The van der Waals surface area contributed by atoms with Gasteiger partial charge >= 0.3 is 5.97 Å². The largest absolute Gasteiger partial charge is 0.493 e. The van der Waals surface area contributed by atoms with Crippen LogP contribution in [-0.2, 0) is 27.8 Å². The molecule has 0 fully saturated rings. The summed E-state index contributed by atoms with van der Waals surface area (Å²) in [4.78, 5) is 19.9. The number of aromatic nitrogens is 2. The average Bonchev–Trinajstić information content (AvgIpc) is 2.67.